The molecule has 0 aliphatic rings. The van der Waals surface area contributed by atoms with Crippen molar-refractivity contribution in [1.82, 2.24) is 20.4 Å². The number of nitrogens with zero attached hydrogens (tertiary/aromatic N) is 3. The van der Waals surface area contributed by atoms with Gasteiger partial charge < -0.3 is 16.4 Å². The first-order valence-corrected chi connectivity index (χ1v) is 11.5. The second-order valence-corrected chi connectivity index (χ2v) is 8.23. The number of nitrogens with two attached hydrogens (primary N) is 1. The summed E-state index contributed by atoms with van der Waals surface area (Å²) >= 11 is 0. The van der Waals surface area contributed by atoms with Gasteiger partial charge >= 0.3 is 0 Å². The van der Waals surface area contributed by atoms with E-state index in [-0.39, 0.29) is 42.0 Å². The van der Waals surface area contributed by atoms with Gasteiger partial charge in [-0.05, 0) is 60.0 Å². The van der Waals surface area contributed by atoms with E-state index in [9.17, 15) is 19.2 Å². The molecule has 1 aromatic heterocycles. The summed E-state index contributed by atoms with van der Waals surface area (Å²) in [7, 11) is 0. The molecule has 4 aromatic rings. The molecule has 9 heteroatoms. The molecule has 0 atom stereocenters. The topological polar surface area (TPSA) is 126 Å². The molecular formula is C27H25FN6O2. The third-order valence-electron chi connectivity index (χ3n) is 5.74. The van der Waals surface area contributed by atoms with Crippen molar-refractivity contribution in [2.75, 3.05) is 18.8 Å². The fraction of sp³-hybridized carbons (Fsp3) is 0.185. The fourth-order valence-corrected chi connectivity index (χ4v) is 3.85. The Hall–Kier alpha value is -4.71. The average Bonchev–Trinajstić information content (AvgIpc) is 3.21. The molecule has 0 fully saturated rings. The molecule has 2 amide bonds. The summed E-state index contributed by atoms with van der Waals surface area (Å²) < 4.78 is 14.6. The summed E-state index contributed by atoms with van der Waals surface area (Å²) in [6, 6.07) is 21.0. The van der Waals surface area contributed by atoms with E-state index in [1.165, 1.54) is 28.9 Å². The minimum Gasteiger partial charge on any atom is -0.382 e. The third-order valence-corrected chi connectivity index (χ3v) is 5.74. The van der Waals surface area contributed by atoms with Crippen molar-refractivity contribution in [3.05, 3.63) is 89.4 Å². The monoisotopic (exact) mass is 484 g/mol. The second kappa shape index (κ2) is 11.1. The largest absolute Gasteiger partial charge is 0.382 e. The zero-order valence-corrected chi connectivity index (χ0v) is 19.5. The van der Waals surface area contributed by atoms with E-state index in [0.29, 0.717) is 36.3 Å². The maximum atomic E-state index is 13.2. The van der Waals surface area contributed by atoms with Crippen LogP contribution < -0.4 is 16.4 Å². The van der Waals surface area contributed by atoms with Gasteiger partial charge in [-0.2, -0.15) is 10.4 Å². The van der Waals surface area contributed by atoms with Crippen molar-refractivity contribution in [1.29, 1.82) is 5.26 Å². The summed E-state index contributed by atoms with van der Waals surface area (Å²) in [5, 5.41) is 21.5. The Morgan fingerprint density at radius 1 is 1.00 bits per heavy atom. The first kappa shape index (κ1) is 24.4. The second-order valence-electron chi connectivity index (χ2n) is 8.23. The van der Waals surface area contributed by atoms with Gasteiger partial charge in [-0.3, -0.25) is 9.59 Å². The Morgan fingerprint density at radius 3 is 2.50 bits per heavy atom. The first-order valence-electron chi connectivity index (χ1n) is 11.5. The van der Waals surface area contributed by atoms with E-state index in [0.717, 1.165) is 10.8 Å². The lowest BCUT2D eigenvalue weighted by atomic mass is 10.1. The number of halogens is 1. The van der Waals surface area contributed by atoms with Crippen LogP contribution in [0.5, 0.6) is 0 Å². The van der Waals surface area contributed by atoms with Crippen LogP contribution in [0.4, 0.5) is 10.2 Å². The van der Waals surface area contributed by atoms with Crippen molar-refractivity contribution >= 4 is 28.4 Å². The fourth-order valence-electron chi connectivity index (χ4n) is 3.85. The van der Waals surface area contributed by atoms with Gasteiger partial charge in [-0.25, -0.2) is 9.07 Å². The van der Waals surface area contributed by atoms with Crippen molar-refractivity contribution in [2.24, 2.45) is 0 Å². The Kier molecular flexibility index (Phi) is 7.56. The number of hydrogen-bond donors (Lipinski definition) is 3. The van der Waals surface area contributed by atoms with E-state index in [1.807, 2.05) is 36.4 Å². The van der Waals surface area contributed by atoms with Crippen molar-refractivity contribution < 1.29 is 14.0 Å². The van der Waals surface area contributed by atoms with E-state index in [1.54, 1.807) is 6.07 Å². The van der Waals surface area contributed by atoms with Gasteiger partial charge in [0.2, 0.25) is 5.91 Å². The number of nitrogen functional groups attached to an aromatic ring is 1. The quantitative estimate of drug-likeness (QED) is 0.314. The van der Waals surface area contributed by atoms with Crippen LogP contribution in [0.2, 0.25) is 0 Å². The lowest BCUT2D eigenvalue weighted by Crippen LogP contribution is -2.31. The summed E-state index contributed by atoms with van der Waals surface area (Å²) in [5.74, 6) is -0.614. The van der Waals surface area contributed by atoms with Gasteiger partial charge in [0.05, 0.1) is 11.4 Å². The molecule has 4 N–H and O–H groups in total. The zero-order valence-electron chi connectivity index (χ0n) is 19.5. The highest BCUT2D eigenvalue weighted by Crippen LogP contribution is 2.21. The maximum absolute atomic E-state index is 13.2. The minimum atomic E-state index is -0.380. The number of aryl methyl sites for hydroxylation is 1. The van der Waals surface area contributed by atoms with Crippen LogP contribution in [0.1, 0.15) is 34.5 Å². The predicted octanol–water partition coefficient (Wildman–Crippen LogP) is 3.49. The van der Waals surface area contributed by atoms with Gasteiger partial charge in [-0.15, -0.1) is 0 Å². The molecular weight excluding hydrogens is 459 g/mol. The maximum Gasteiger partial charge on any atom is 0.251 e. The molecule has 0 spiro atoms. The smallest absolute Gasteiger partial charge is 0.251 e. The van der Waals surface area contributed by atoms with Crippen molar-refractivity contribution in [3.63, 3.8) is 0 Å². The van der Waals surface area contributed by atoms with Crippen LogP contribution in [-0.2, 0) is 11.2 Å². The molecule has 182 valence electrons. The van der Waals surface area contributed by atoms with Crippen LogP contribution in [0.25, 0.3) is 16.5 Å². The summed E-state index contributed by atoms with van der Waals surface area (Å²) in [6.45, 7) is 0.598. The zero-order chi connectivity index (χ0) is 25.5. The van der Waals surface area contributed by atoms with Crippen LogP contribution >= 0.6 is 0 Å². The molecule has 4 rings (SSSR count). The normalized spacial score (nSPS) is 10.7. The number of rotatable bonds is 9. The highest BCUT2D eigenvalue weighted by atomic mass is 19.1. The Balaban J connectivity index is 1.22. The number of anilines is 1. The van der Waals surface area contributed by atoms with Crippen LogP contribution in [-0.4, -0.2) is 34.7 Å². The SMILES string of the molecule is N#Cc1c(CCCNC(=O)CCNC(=O)c2ccc3ccccc3c2)nn(-c2ccc(F)cc2)c1N. The summed E-state index contributed by atoms with van der Waals surface area (Å²) in [6.07, 6.45) is 1.12. The highest BCUT2D eigenvalue weighted by Gasteiger charge is 2.16. The first-order chi connectivity index (χ1) is 17.5. The number of amides is 2. The van der Waals surface area contributed by atoms with Gasteiger partial charge in [0.25, 0.3) is 5.91 Å². The number of nitriles is 1. The number of benzene rings is 3. The molecule has 0 unspecified atom stereocenters. The Labute approximate surface area is 207 Å². The van der Waals surface area contributed by atoms with Gasteiger partial charge in [-0.1, -0.05) is 30.3 Å². The van der Waals surface area contributed by atoms with Gasteiger partial charge in [0.1, 0.15) is 23.3 Å². The van der Waals surface area contributed by atoms with Crippen LogP contribution in [0, 0.1) is 17.1 Å². The Bertz CT molecular complexity index is 1440. The molecule has 0 saturated heterocycles. The Morgan fingerprint density at radius 2 is 1.75 bits per heavy atom. The van der Waals surface area contributed by atoms with Gasteiger partial charge in [0.15, 0.2) is 0 Å². The van der Waals surface area contributed by atoms with Crippen LogP contribution in [0.3, 0.4) is 0 Å². The predicted molar refractivity (Wildman–Crippen MR) is 135 cm³/mol. The standard InChI is InChI=1S/C27H25FN6O2/c28-21-9-11-22(12-10-21)34-26(30)23(17-29)24(33-34)6-3-14-31-25(35)13-15-32-27(36)20-8-7-18-4-1-2-5-19(18)16-20/h1-2,4-5,7-12,16H,3,6,13-15,30H2,(H,31,35)(H,32,36). The number of carbonyl (C=O) groups excluding carboxylic acids is 2. The van der Waals surface area contributed by atoms with E-state index >= 15 is 0 Å². The summed E-state index contributed by atoms with van der Waals surface area (Å²) in [4.78, 5) is 24.5. The molecule has 0 bridgehead atoms. The molecule has 0 aliphatic carbocycles. The molecule has 8 nitrogen and oxygen atoms in total. The number of nitrogens with one attached hydrogen (secondary N) is 2. The van der Waals surface area contributed by atoms with Crippen molar-refractivity contribution in [3.8, 4) is 11.8 Å². The van der Waals surface area contributed by atoms with Crippen LogP contribution in [0.15, 0.2) is 66.7 Å². The lowest BCUT2D eigenvalue weighted by molar-refractivity contribution is -0.120. The lowest BCUT2D eigenvalue weighted by Gasteiger charge is -2.07. The molecule has 36 heavy (non-hydrogen) atoms. The third kappa shape index (κ3) is 5.67. The number of carbonyl (C=O) groups is 2. The van der Waals surface area contributed by atoms with E-state index in [4.69, 9.17) is 5.73 Å². The van der Waals surface area contributed by atoms with E-state index < -0.39 is 0 Å². The molecule has 0 saturated carbocycles. The molecule has 1 heterocycles. The van der Waals surface area contributed by atoms with Crippen molar-refractivity contribution in [2.45, 2.75) is 19.3 Å². The number of fused-ring (bicyclic) bond motifs is 1. The number of aromatic nitrogens is 2. The molecule has 0 aliphatic heterocycles. The molecule has 0 radical (unpaired) electrons. The minimum absolute atomic E-state index is 0.148. The summed E-state index contributed by atoms with van der Waals surface area (Å²) in [5.41, 5.74) is 7.94. The average molecular weight is 485 g/mol. The highest BCUT2D eigenvalue weighted by molar-refractivity contribution is 5.98. The van der Waals surface area contributed by atoms with E-state index in [2.05, 4.69) is 21.8 Å². The number of hydrogen-bond acceptors (Lipinski definition) is 5. The van der Waals surface area contributed by atoms with Gasteiger partial charge in [0, 0.05) is 25.1 Å². The molecule has 3 aromatic carbocycles.